The molecule has 8 heteroatoms. The van der Waals surface area contributed by atoms with Crippen molar-refractivity contribution in [3.63, 3.8) is 0 Å². The lowest BCUT2D eigenvalue weighted by atomic mass is 10.2. The Morgan fingerprint density at radius 1 is 1.17 bits per heavy atom. The number of thiocarbonyl (C=S) groups is 1. The predicted molar refractivity (Wildman–Crippen MR) is 92.6 cm³/mol. The smallest absolute Gasteiger partial charge is 0.203 e. The van der Waals surface area contributed by atoms with Gasteiger partial charge in [0, 0.05) is 42.7 Å². The molecule has 0 fully saturated rings. The van der Waals surface area contributed by atoms with Crippen molar-refractivity contribution in [2.24, 2.45) is 0 Å². The Morgan fingerprint density at radius 2 is 1.87 bits per heavy atom. The number of methoxy groups -OCH3 is 3. The molecular weight excluding hydrogens is 316 g/mol. The van der Waals surface area contributed by atoms with E-state index in [1.807, 2.05) is 0 Å². The lowest BCUT2D eigenvalue weighted by Gasteiger charge is -2.16. The average Bonchev–Trinajstić information content (AvgIpc) is 3.07. The first kappa shape index (κ1) is 16.9. The molecule has 2 aromatic rings. The first-order valence-corrected chi connectivity index (χ1v) is 7.41. The maximum Gasteiger partial charge on any atom is 0.203 e. The van der Waals surface area contributed by atoms with Crippen LogP contribution >= 0.6 is 12.2 Å². The van der Waals surface area contributed by atoms with Crippen molar-refractivity contribution in [1.82, 2.24) is 15.3 Å². The van der Waals surface area contributed by atoms with E-state index in [0.717, 1.165) is 17.8 Å². The van der Waals surface area contributed by atoms with E-state index in [1.165, 1.54) is 0 Å². The van der Waals surface area contributed by atoms with Gasteiger partial charge in [-0.3, -0.25) is 0 Å². The molecule has 2 rings (SSSR count). The third-order valence-electron chi connectivity index (χ3n) is 3.16. The van der Waals surface area contributed by atoms with Gasteiger partial charge in [0.25, 0.3) is 0 Å². The van der Waals surface area contributed by atoms with E-state index in [2.05, 4.69) is 20.6 Å². The van der Waals surface area contributed by atoms with Crippen LogP contribution in [0.3, 0.4) is 0 Å². The molecule has 0 saturated heterocycles. The van der Waals surface area contributed by atoms with Gasteiger partial charge in [-0.05, 0) is 12.2 Å². The summed E-state index contributed by atoms with van der Waals surface area (Å²) in [5, 5.41) is 6.75. The number of hydrogen-bond donors (Lipinski definition) is 3. The number of anilines is 1. The Labute approximate surface area is 140 Å². The SMILES string of the molecule is COc1cc(NC(=S)NCCc2cnc[nH]2)cc(OC)c1OC. The van der Waals surface area contributed by atoms with Crippen LogP contribution in [0.25, 0.3) is 0 Å². The van der Waals surface area contributed by atoms with E-state index >= 15 is 0 Å². The fraction of sp³-hybridized carbons (Fsp3) is 0.333. The number of rotatable bonds is 7. The van der Waals surface area contributed by atoms with Gasteiger partial charge in [0.05, 0.1) is 27.7 Å². The van der Waals surface area contributed by atoms with Crippen molar-refractivity contribution in [3.8, 4) is 17.2 Å². The standard InChI is InChI=1S/C15H20N4O3S/c1-20-12-6-11(7-13(21-2)14(12)22-3)19-15(23)17-5-4-10-8-16-9-18-10/h6-9H,4-5H2,1-3H3,(H,16,18)(H2,17,19,23). The Bertz CT molecular complexity index is 621. The second-order valence-corrected chi connectivity index (χ2v) is 5.03. The topological polar surface area (TPSA) is 80.4 Å². The minimum absolute atomic E-state index is 0.513. The average molecular weight is 336 g/mol. The summed E-state index contributed by atoms with van der Waals surface area (Å²) in [6.07, 6.45) is 4.25. The molecule has 0 spiro atoms. The zero-order chi connectivity index (χ0) is 16.7. The Hall–Kier alpha value is -2.48. The van der Waals surface area contributed by atoms with Gasteiger partial charge in [-0.15, -0.1) is 0 Å². The molecule has 0 amide bonds. The van der Waals surface area contributed by atoms with E-state index in [4.69, 9.17) is 26.4 Å². The van der Waals surface area contributed by atoms with Gasteiger partial charge in [-0.2, -0.15) is 0 Å². The Kier molecular flexibility index (Phi) is 6.04. The molecule has 0 saturated carbocycles. The van der Waals surface area contributed by atoms with Gasteiger partial charge in [0.15, 0.2) is 16.6 Å². The number of ether oxygens (including phenoxy) is 3. The molecule has 0 aliphatic rings. The summed E-state index contributed by atoms with van der Waals surface area (Å²) >= 11 is 5.29. The quantitative estimate of drug-likeness (QED) is 0.667. The van der Waals surface area contributed by atoms with Gasteiger partial charge in [-0.25, -0.2) is 4.98 Å². The van der Waals surface area contributed by atoms with Crippen molar-refractivity contribution in [2.75, 3.05) is 33.2 Å². The fourth-order valence-electron chi connectivity index (χ4n) is 2.06. The van der Waals surface area contributed by atoms with Crippen molar-refractivity contribution in [2.45, 2.75) is 6.42 Å². The maximum atomic E-state index is 5.31. The van der Waals surface area contributed by atoms with Crippen LogP contribution in [0, 0.1) is 0 Å². The Morgan fingerprint density at radius 3 is 2.39 bits per heavy atom. The van der Waals surface area contributed by atoms with Gasteiger partial charge >= 0.3 is 0 Å². The molecule has 0 bridgehead atoms. The zero-order valence-corrected chi connectivity index (χ0v) is 14.1. The number of aromatic nitrogens is 2. The first-order valence-electron chi connectivity index (χ1n) is 7.00. The molecule has 7 nitrogen and oxygen atoms in total. The van der Waals surface area contributed by atoms with Crippen LogP contribution in [0.15, 0.2) is 24.7 Å². The molecule has 1 aromatic carbocycles. The maximum absolute atomic E-state index is 5.31. The van der Waals surface area contributed by atoms with E-state index in [9.17, 15) is 0 Å². The summed E-state index contributed by atoms with van der Waals surface area (Å²) in [6.45, 7) is 0.693. The van der Waals surface area contributed by atoms with Crippen LogP contribution < -0.4 is 24.8 Å². The molecule has 1 aromatic heterocycles. The molecule has 0 radical (unpaired) electrons. The number of nitrogens with one attached hydrogen (secondary N) is 3. The first-order chi connectivity index (χ1) is 11.2. The second-order valence-electron chi connectivity index (χ2n) is 4.62. The summed E-state index contributed by atoms with van der Waals surface area (Å²) < 4.78 is 15.9. The van der Waals surface area contributed by atoms with Crippen LogP contribution in [-0.2, 0) is 6.42 Å². The van der Waals surface area contributed by atoms with Crippen LogP contribution in [-0.4, -0.2) is 43.0 Å². The van der Waals surface area contributed by atoms with Crippen LogP contribution in [0.2, 0.25) is 0 Å². The summed E-state index contributed by atoms with van der Waals surface area (Å²) in [5.74, 6) is 1.67. The number of imidazole rings is 1. The molecule has 23 heavy (non-hydrogen) atoms. The van der Waals surface area contributed by atoms with Crippen molar-refractivity contribution >= 4 is 23.0 Å². The molecule has 0 aliphatic carbocycles. The largest absolute Gasteiger partial charge is 0.493 e. The monoisotopic (exact) mass is 336 g/mol. The number of benzene rings is 1. The summed E-state index contributed by atoms with van der Waals surface area (Å²) in [6, 6.07) is 3.59. The van der Waals surface area contributed by atoms with E-state index in [-0.39, 0.29) is 0 Å². The van der Waals surface area contributed by atoms with E-state index < -0.39 is 0 Å². The minimum atomic E-state index is 0.513. The molecule has 1 heterocycles. The number of nitrogens with zero attached hydrogens (tertiary/aromatic N) is 1. The lowest BCUT2D eigenvalue weighted by molar-refractivity contribution is 0.324. The Balaban J connectivity index is 1.97. The number of hydrogen-bond acceptors (Lipinski definition) is 5. The van der Waals surface area contributed by atoms with Gasteiger partial charge in [-0.1, -0.05) is 0 Å². The number of aromatic amines is 1. The third kappa shape index (κ3) is 4.49. The van der Waals surface area contributed by atoms with Crippen LogP contribution in [0.1, 0.15) is 5.69 Å². The summed E-state index contributed by atoms with van der Waals surface area (Å²) in [7, 11) is 4.71. The predicted octanol–water partition coefficient (Wildman–Crippen LogP) is 1.96. The van der Waals surface area contributed by atoms with Gasteiger partial charge < -0.3 is 29.8 Å². The van der Waals surface area contributed by atoms with Crippen molar-refractivity contribution in [1.29, 1.82) is 0 Å². The highest BCUT2D eigenvalue weighted by Gasteiger charge is 2.13. The highest BCUT2D eigenvalue weighted by atomic mass is 32.1. The molecule has 0 aliphatic heterocycles. The zero-order valence-electron chi connectivity index (χ0n) is 13.3. The summed E-state index contributed by atoms with van der Waals surface area (Å²) in [5.41, 5.74) is 1.80. The third-order valence-corrected chi connectivity index (χ3v) is 3.40. The van der Waals surface area contributed by atoms with Crippen LogP contribution in [0.5, 0.6) is 17.2 Å². The highest BCUT2D eigenvalue weighted by molar-refractivity contribution is 7.80. The number of H-pyrrole nitrogens is 1. The van der Waals surface area contributed by atoms with E-state index in [0.29, 0.717) is 28.9 Å². The second kappa shape index (κ2) is 8.23. The molecule has 0 unspecified atom stereocenters. The van der Waals surface area contributed by atoms with Gasteiger partial charge in [0.1, 0.15) is 0 Å². The van der Waals surface area contributed by atoms with Gasteiger partial charge in [0.2, 0.25) is 5.75 Å². The fourth-order valence-corrected chi connectivity index (χ4v) is 2.28. The highest BCUT2D eigenvalue weighted by Crippen LogP contribution is 2.39. The van der Waals surface area contributed by atoms with Crippen molar-refractivity contribution < 1.29 is 14.2 Å². The van der Waals surface area contributed by atoms with E-state index in [1.54, 1.807) is 46.0 Å². The normalized spacial score (nSPS) is 10.0. The van der Waals surface area contributed by atoms with Crippen molar-refractivity contribution in [3.05, 3.63) is 30.4 Å². The molecule has 124 valence electrons. The molecular formula is C15H20N4O3S. The molecule has 0 atom stereocenters. The summed E-state index contributed by atoms with van der Waals surface area (Å²) in [4.78, 5) is 7.01. The lowest BCUT2D eigenvalue weighted by Crippen LogP contribution is -2.30. The minimum Gasteiger partial charge on any atom is -0.493 e. The van der Waals surface area contributed by atoms with Crippen LogP contribution in [0.4, 0.5) is 5.69 Å². The molecule has 3 N–H and O–H groups in total.